The van der Waals surface area contributed by atoms with Crippen LogP contribution in [0, 0.1) is 5.82 Å². The zero-order valence-corrected chi connectivity index (χ0v) is 8.24. The lowest BCUT2D eigenvalue weighted by molar-refractivity contribution is -0.136. The average molecular weight is 227 g/mol. The predicted molar refractivity (Wildman–Crippen MR) is 54.1 cm³/mol. The summed E-state index contributed by atoms with van der Waals surface area (Å²) in [5.74, 6) is -2.79. The van der Waals surface area contributed by atoms with Crippen LogP contribution in [0.1, 0.15) is 16.8 Å². The van der Waals surface area contributed by atoms with Crippen molar-refractivity contribution in [2.75, 3.05) is 11.9 Å². The third-order valence-corrected chi connectivity index (χ3v) is 1.87. The Bertz CT molecular complexity index is 419. The monoisotopic (exact) mass is 227 g/mol. The quantitative estimate of drug-likeness (QED) is 0.708. The van der Waals surface area contributed by atoms with E-state index in [9.17, 15) is 14.0 Å². The maximum atomic E-state index is 13.2. The van der Waals surface area contributed by atoms with E-state index >= 15 is 0 Å². The van der Waals surface area contributed by atoms with Gasteiger partial charge < -0.3 is 15.5 Å². The number of carbonyl (C=O) groups is 2. The first kappa shape index (κ1) is 12.0. The summed E-state index contributed by atoms with van der Waals surface area (Å²) in [6, 6.07) is 3.28. The molecule has 0 atom stereocenters. The lowest BCUT2D eigenvalue weighted by Gasteiger charge is -2.06. The van der Waals surface area contributed by atoms with Crippen molar-refractivity contribution < 1.29 is 24.2 Å². The molecule has 0 saturated carbocycles. The number of carboxylic acid groups (broad SMARTS) is 2. The number of aromatic carboxylic acids is 1. The molecule has 0 aromatic heterocycles. The first-order chi connectivity index (χ1) is 7.50. The Kier molecular flexibility index (Phi) is 3.82. The summed E-state index contributed by atoms with van der Waals surface area (Å²) < 4.78 is 13.2. The Morgan fingerprint density at radius 1 is 1.31 bits per heavy atom. The van der Waals surface area contributed by atoms with Gasteiger partial charge in [-0.3, -0.25) is 4.79 Å². The first-order valence-corrected chi connectivity index (χ1v) is 4.49. The summed E-state index contributed by atoms with van der Waals surface area (Å²) >= 11 is 0. The van der Waals surface area contributed by atoms with Gasteiger partial charge in [-0.1, -0.05) is 0 Å². The van der Waals surface area contributed by atoms with Gasteiger partial charge in [0.2, 0.25) is 0 Å². The molecule has 0 saturated heterocycles. The summed E-state index contributed by atoms with van der Waals surface area (Å²) in [6.45, 7) is 0.0370. The van der Waals surface area contributed by atoms with Gasteiger partial charge in [0.1, 0.15) is 5.82 Å². The zero-order chi connectivity index (χ0) is 12.1. The molecule has 6 heteroatoms. The number of halogens is 1. The van der Waals surface area contributed by atoms with Crippen LogP contribution in [0.5, 0.6) is 0 Å². The van der Waals surface area contributed by atoms with Crippen molar-refractivity contribution in [1.29, 1.82) is 0 Å². The van der Waals surface area contributed by atoms with Crippen LogP contribution in [0.15, 0.2) is 18.2 Å². The maximum absolute atomic E-state index is 13.2. The highest BCUT2D eigenvalue weighted by atomic mass is 19.1. The smallest absolute Gasteiger partial charge is 0.335 e. The molecule has 1 aromatic rings. The molecule has 0 heterocycles. The minimum Gasteiger partial charge on any atom is -0.481 e. The van der Waals surface area contributed by atoms with Crippen LogP contribution in [-0.4, -0.2) is 28.7 Å². The van der Waals surface area contributed by atoms with Gasteiger partial charge in [-0.05, 0) is 18.2 Å². The van der Waals surface area contributed by atoms with Crippen molar-refractivity contribution in [3.05, 3.63) is 29.6 Å². The molecule has 0 bridgehead atoms. The lowest BCUT2D eigenvalue weighted by atomic mass is 10.2. The standard InChI is InChI=1S/C10H10FNO4/c11-7-2-1-6(10(15)16)5-8(7)12-4-3-9(13)14/h1-2,5,12H,3-4H2,(H,13,14)(H,15,16). The van der Waals surface area contributed by atoms with Gasteiger partial charge in [-0.15, -0.1) is 0 Å². The van der Waals surface area contributed by atoms with Crippen molar-refractivity contribution in [2.45, 2.75) is 6.42 Å². The highest BCUT2D eigenvalue weighted by molar-refractivity contribution is 5.88. The Balaban J connectivity index is 2.74. The summed E-state index contributed by atoms with van der Waals surface area (Å²) in [7, 11) is 0. The van der Waals surface area contributed by atoms with Crippen LogP contribution < -0.4 is 5.32 Å². The Hall–Kier alpha value is -2.11. The van der Waals surface area contributed by atoms with Gasteiger partial charge in [0.15, 0.2) is 0 Å². The van der Waals surface area contributed by atoms with Crippen molar-refractivity contribution >= 4 is 17.6 Å². The molecule has 3 N–H and O–H groups in total. The van der Waals surface area contributed by atoms with E-state index in [4.69, 9.17) is 10.2 Å². The normalized spacial score (nSPS) is 9.81. The fourth-order valence-electron chi connectivity index (χ4n) is 1.10. The molecule has 0 aliphatic rings. The molecule has 0 spiro atoms. The third-order valence-electron chi connectivity index (χ3n) is 1.87. The highest BCUT2D eigenvalue weighted by Crippen LogP contribution is 2.16. The molecule has 0 aliphatic heterocycles. The largest absolute Gasteiger partial charge is 0.481 e. The topological polar surface area (TPSA) is 86.6 Å². The summed E-state index contributed by atoms with van der Waals surface area (Å²) in [6.07, 6.45) is -0.170. The van der Waals surface area contributed by atoms with Crippen LogP contribution in [0.25, 0.3) is 0 Å². The number of nitrogens with one attached hydrogen (secondary N) is 1. The molecule has 0 fully saturated rings. The zero-order valence-electron chi connectivity index (χ0n) is 8.24. The van der Waals surface area contributed by atoms with E-state index in [1.54, 1.807) is 0 Å². The number of hydrogen-bond acceptors (Lipinski definition) is 3. The van der Waals surface area contributed by atoms with Gasteiger partial charge >= 0.3 is 11.9 Å². The van der Waals surface area contributed by atoms with Gasteiger partial charge in [0.05, 0.1) is 17.7 Å². The van der Waals surface area contributed by atoms with E-state index in [1.807, 2.05) is 0 Å². The number of anilines is 1. The van der Waals surface area contributed by atoms with Crippen LogP contribution >= 0.6 is 0 Å². The maximum Gasteiger partial charge on any atom is 0.335 e. The van der Waals surface area contributed by atoms with Crippen molar-refractivity contribution in [3.63, 3.8) is 0 Å². The van der Waals surface area contributed by atoms with E-state index < -0.39 is 17.8 Å². The van der Waals surface area contributed by atoms with Crippen molar-refractivity contribution in [1.82, 2.24) is 0 Å². The molecule has 1 aromatic carbocycles. The summed E-state index contributed by atoms with van der Waals surface area (Å²) in [5.41, 5.74) is -0.0691. The Morgan fingerprint density at radius 2 is 2.00 bits per heavy atom. The molecule has 16 heavy (non-hydrogen) atoms. The van der Waals surface area contributed by atoms with Crippen LogP contribution in [-0.2, 0) is 4.79 Å². The molecular weight excluding hydrogens is 217 g/mol. The molecule has 0 unspecified atom stereocenters. The van der Waals surface area contributed by atoms with Gasteiger partial charge in [-0.25, -0.2) is 9.18 Å². The second-order valence-electron chi connectivity index (χ2n) is 3.07. The number of aliphatic carboxylic acids is 1. The number of carboxylic acids is 2. The van der Waals surface area contributed by atoms with Gasteiger partial charge in [0.25, 0.3) is 0 Å². The fourth-order valence-corrected chi connectivity index (χ4v) is 1.10. The first-order valence-electron chi connectivity index (χ1n) is 4.49. The molecule has 0 radical (unpaired) electrons. The molecule has 1 rings (SSSR count). The molecule has 0 aliphatic carbocycles. The van der Waals surface area contributed by atoms with Gasteiger partial charge in [-0.2, -0.15) is 0 Å². The molecule has 86 valence electrons. The van der Waals surface area contributed by atoms with E-state index in [-0.39, 0.29) is 24.2 Å². The van der Waals surface area contributed by atoms with Crippen LogP contribution in [0.3, 0.4) is 0 Å². The van der Waals surface area contributed by atoms with Crippen LogP contribution in [0.2, 0.25) is 0 Å². The minimum atomic E-state index is -1.17. The second-order valence-corrected chi connectivity index (χ2v) is 3.07. The van der Waals surface area contributed by atoms with Crippen molar-refractivity contribution in [3.8, 4) is 0 Å². The molecule has 5 nitrogen and oxygen atoms in total. The second kappa shape index (κ2) is 5.11. The average Bonchev–Trinajstić information content (AvgIpc) is 2.20. The van der Waals surface area contributed by atoms with Gasteiger partial charge in [0, 0.05) is 6.54 Å². The Morgan fingerprint density at radius 3 is 2.56 bits per heavy atom. The highest BCUT2D eigenvalue weighted by Gasteiger charge is 2.08. The number of rotatable bonds is 5. The number of benzene rings is 1. The lowest BCUT2D eigenvalue weighted by Crippen LogP contribution is -2.09. The fraction of sp³-hybridized carbons (Fsp3) is 0.200. The summed E-state index contributed by atoms with van der Waals surface area (Å²) in [4.78, 5) is 20.8. The third kappa shape index (κ3) is 3.23. The Labute approximate surface area is 90.5 Å². The van der Waals surface area contributed by atoms with Crippen molar-refractivity contribution in [2.24, 2.45) is 0 Å². The van der Waals surface area contributed by atoms with E-state index in [1.165, 1.54) is 0 Å². The van der Waals surface area contributed by atoms with E-state index in [0.717, 1.165) is 18.2 Å². The predicted octanol–water partition coefficient (Wildman–Crippen LogP) is 1.41. The summed E-state index contributed by atoms with van der Waals surface area (Å²) in [5, 5.41) is 19.6. The van der Waals surface area contributed by atoms with Crippen LogP contribution in [0.4, 0.5) is 10.1 Å². The minimum absolute atomic E-state index is 0.0128. The molecule has 0 amide bonds. The SMILES string of the molecule is O=C(O)CCNc1cc(C(=O)O)ccc1F. The number of hydrogen-bond donors (Lipinski definition) is 3. The van der Waals surface area contributed by atoms with E-state index in [2.05, 4.69) is 5.32 Å². The van der Waals surface area contributed by atoms with E-state index in [0.29, 0.717) is 0 Å². The molecular formula is C10H10FNO4.